The van der Waals surface area contributed by atoms with Crippen LogP contribution in [0.1, 0.15) is 164 Å². The van der Waals surface area contributed by atoms with Crippen molar-refractivity contribution in [2.75, 3.05) is 89.2 Å². The fourth-order valence-electron chi connectivity index (χ4n) is 15.8. The highest BCUT2D eigenvalue weighted by Gasteiger charge is 2.56. The van der Waals surface area contributed by atoms with E-state index in [9.17, 15) is 55.1 Å². The molecule has 3 N–H and O–H groups in total. The fourth-order valence-corrected chi connectivity index (χ4v) is 15.8. The lowest BCUT2D eigenvalue weighted by Crippen LogP contribution is -2.68. The molecule has 12 amide bonds. The summed E-state index contributed by atoms with van der Waals surface area (Å²) in [5.41, 5.74) is -1.71. The number of hydrogen-bond donors (Lipinski definition) is 3. The van der Waals surface area contributed by atoms with Crippen molar-refractivity contribution in [3.63, 3.8) is 0 Å². The first-order chi connectivity index (χ1) is 49.1. The minimum absolute atomic E-state index is 0.00653. The van der Waals surface area contributed by atoms with Crippen molar-refractivity contribution in [3.8, 4) is 0 Å². The van der Waals surface area contributed by atoms with Crippen molar-refractivity contribution in [3.05, 3.63) is 12.2 Å². The molecule has 33 heteroatoms. The summed E-state index contributed by atoms with van der Waals surface area (Å²) >= 11 is 0. The van der Waals surface area contributed by atoms with Gasteiger partial charge in [-0.05, 0) is 127 Å². The molecule has 3 aliphatic carbocycles. The summed E-state index contributed by atoms with van der Waals surface area (Å²) in [4.78, 5) is 189. The number of ether oxygens (including phenoxy) is 1. The molecular formula is C72H112F8N12O13. The highest BCUT2D eigenvalue weighted by Crippen LogP contribution is 2.45. The lowest BCUT2D eigenvalue weighted by molar-refractivity contribution is -0.219. The third-order valence-electron chi connectivity index (χ3n) is 22.9. The van der Waals surface area contributed by atoms with E-state index >= 15 is 37.5 Å². The monoisotopic (exact) mass is 1500 g/mol. The van der Waals surface area contributed by atoms with Gasteiger partial charge in [0, 0.05) is 82.5 Å². The van der Waals surface area contributed by atoms with Crippen LogP contribution in [0.3, 0.4) is 0 Å². The molecule has 13 atom stereocenters. The first-order valence-electron chi connectivity index (χ1n) is 37.1. The minimum Gasteiger partial charge on any atom is -0.377 e. The van der Waals surface area contributed by atoms with Crippen molar-refractivity contribution >= 4 is 70.9 Å². The summed E-state index contributed by atoms with van der Waals surface area (Å²) in [7, 11) is 10.7. The Morgan fingerprint density at radius 1 is 0.638 bits per heavy atom. The summed E-state index contributed by atoms with van der Waals surface area (Å²) < 4.78 is 121. The van der Waals surface area contributed by atoms with E-state index in [0.717, 1.165) is 29.4 Å². The van der Waals surface area contributed by atoms with Gasteiger partial charge in [-0.15, -0.1) is 0 Å². The number of halogens is 8. The van der Waals surface area contributed by atoms with Gasteiger partial charge in [0.2, 0.25) is 70.9 Å². The molecule has 2 unspecified atom stereocenters. The summed E-state index contributed by atoms with van der Waals surface area (Å²) in [6.45, 7) is 8.26. The zero-order valence-corrected chi connectivity index (χ0v) is 63.3. The number of rotatable bonds is 13. The van der Waals surface area contributed by atoms with Gasteiger partial charge in [-0.1, -0.05) is 59.6 Å². The number of nitrogens with zero attached hydrogens (tertiary/aromatic N) is 9. The smallest absolute Gasteiger partial charge is 0.377 e. The molecule has 594 valence electrons. The highest BCUT2D eigenvalue weighted by atomic mass is 19.4. The summed E-state index contributed by atoms with van der Waals surface area (Å²) in [6.07, 6.45) is -15.4. The van der Waals surface area contributed by atoms with Crippen molar-refractivity contribution in [2.45, 2.75) is 248 Å². The topological polar surface area (TPSA) is 279 Å². The van der Waals surface area contributed by atoms with Gasteiger partial charge in [-0.25, -0.2) is 8.78 Å². The average molecular weight is 1510 g/mol. The fraction of sp³-hybridized carbons (Fsp3) is 0.806. The second kappa shape index (κ2) is 37.1. The number of hydrogen-bond acceptors (Lipinski definition) is 13. The van der Waals surface area contributed by atoms with Gasteiger partial charge in [-0.2, -0.15) is 26.3 Å². The quantitative estimate of drug-likeness (QED) is 0.150. The maximum atomic E-state index is 15.5. The first-order valence-corrected chi connectivity index (χ1v) is 37.1. The van der Waals surface area contributed by atoms with Gasteiger partial charge in [-0.3, -0.25) is 57.5 Å². The minimum atomic E-state index is -5.22. The molecule has 0 aromatic rings. The Balaban J connectivity index is 1.47. The van der Waals surface area contributed by atoms with E-state index in [1.165, 1.54) is 71.1 Å². The van der Waals surface area contributed by atoms with Gasteiger partial charge in [0.25, 0.3) is 0 Å². The van der Waals surface area contributed by atoms with Crippen LogP contribution in [0.15, 0.2) is 12.2 Å². The zero-order valence-electron chi connectivity index (χ0n) is 63.3. The predicted molar refractivity (Wildman–Crippen MR) is 369 cm³/mol. The Morgan fingerprint density at radius 3 is 1.79 bits per heavy atom. The lowest BCUT2D eigenvalue weighted by atomic mass is 9.74. The number of alkyl halides is 8. The standard InChI is InChI=1S/C72H112F8N12O13/c1-15-41(5)59-67(102)86(10)40-57(95)88(12)51-23-20-19-21-32-91(66(51)101)54(35-43-24-27-45(28-25-43)71(75,76)77)65(100)85(9)39-55(93)81-49(29-26-44-33-47(73)58(48(74)34-44)72(78,79)80)63(98)92-38-46(105-18-4)36-52(92)62(97)83-70(30-22-31-70)69(104)90(14)60(42(6)16-2)68(103)89(13)53(64(99)84(7)8)37-56(94)87(11)50(17-3)61(96)82-59/h19-20,41-54,58-60H,15-18,21-40H2,1-14H3,(H,81,93)(H,82,96)(H,83,97)/b20-19-/t41-,42-,43?,44?,45?,46+,47?,48?,49-,50-,51-,52-,53-,54-,58?,59-,60-/m0/s1. The molecule has 3 heterocycles. The van der Waals surface area contributed by atoms with E-state index in [1.54, 1.807) is 53.7 Å². The van der Waals surface area contributed by atoms with E-state index in [1.807, 2.05) is 0 Å². The number of likely N-dealkylation sites (N-methyl/N-ethyl adjacent to an activating group) is 7. The molecule has 0 aromatic heterocycles. The molecule has 2 bridgehead atoms. The van der Waals surface area contributed by atoms with E-state index in [2.05, 4.69) is 16.0 Å². The molecule has 105 heavy (non-hydrogen) atoms. The second-order valence-corrected chi connectivity index (χ2v) is 30.3. The van der Waals surface area contributed by atoms with Gasteiger partial charge in [0.05, 0.1) is 31.5 Å². The summed E-state index contributed by atoms with van der Waals surface area (Å²) in [5.74, 6) is -17.2. The number of nitrogens with one attached hydrogen (secondary N) is 3. The van der Waals surface area contributed by atoms with E-state index in [4.69, 9.17) is 4.74 Å². The Hall–Kier alpha value is -7.22. The molecule has 0 radical (unpaired) electrons. The van der Waals surface area contributed by atoms with Crippen LogP contribution in [0.4, 0.5) is 35.1 Å². The van der Waals surface area contributed by atoms with Gasteiger partial charge >= 0.3 is 12.4 Å². The number of amides is 12. The zero-order chi connectivity index (χ0) is 78.7. The predicted octanol–water partition coefficient (Wildman–Crippen LogP) is 5.57. The molecule has 5 fully saturated rings. The maximum absolute atomic E-state index is 15.5. The number of carbonyl (C=O) groups excluding carboxylic acids is 12. The third-order valence-corrected chi connectivity index (χ3v) is 22.9. The van der Waals surface area contributed by atoms with Crippen LogP contribution in [-0.2, 0) is 62.3 Å². The molecule has 1 spiro atoms. The van der Waals surface area contributed by atoms with Crippen molar-refractivity contribution in [2.24, 2.45) is 35.5 Å². The molecule has 0 aromatic carbocycles. The summed E-state index contributed by atoms with van der Waals surface area (Å²) in [6, 6.07) is -11.5. The van der Waals surface area contributed by atoms with Crippen LogP contribution in [0.2, 0.25) is 0 Å². The van der Waals surface area contributed by atoms with Gasteiger partial charge in [0.1, 0.15) is 72.1 Å². The van der Waals surface area contributed by atoms with Crippen molar-refractivity contribution < 1.29 is 97.4 Å². The van der Waals surface area contributed by atoms with Crippen LogP contribution in [0, 0.1) is 35.5 Å². The van der Waals surface area contributed by atoms with Crippen LogP contribution in [0.25, 0.3) is 0 Å². The van der Waals surface area contributed by atoms with Crippen LogP contribution in [-0.4, -0.2) is 289 Å². The Bertz CT molecular complexity index is 3120. The van der Waals surface area contributed by atoms with E-state index in [-0.39, 0.29) is 96.7 Å². The molecule has 3 saturated carbocycles. The number of carbonyl (C=O) groups is 12. The van der Waals surface area contributed by atoms with Crippen LogP contribution in [0.5, 0.6) is 0 Å². The van der Waals surface area contributed by atoms with Gasteiger partial charge < -0.3 is 64.8 Å². The maximum Gasteiger partial charge on any atom is 0.397 e. The molecular weight excluding hydrogens is 1390 g/mol. The Kier molecular flexibility index (Phi) is 30.6. The molecule has 2 saturated heterocycles. The summed E-state index contributed by atoms with van der Waals surface area (Å²) in [5, 5.41) is 8.28. The van der Waals surface area contributed by atoms with Crippen molar-refractivity contribution in [1.82, 2.24) is 60.0 Å². The molecule has 6 rings (SSSR count). The Morgan fingerprint density at radius 2 is 1.25 bits per heavy atom. The van der Waals surface area contributed by atoms with Crippen LogP contribution < -0.4 is 16.0 Å². The average Bonchev–Trinajstić information content (AvgIpc) is 1.68. The highest BCUT2D eigenvalue weighted by molar-refractivity contribution is 6.01. The third kappa shape index (κ3) is 20.9. The van der Waals surface area contributed by atoms with E-state index < -0.39 is 230 Å². The van der Waals surface area contributed by atoms with Crippen LogP contribution >= 0.6 is 0 Å². The first kappa shape index (κ1) is 86.7. The molecule has 3 aliphatic heterocycles. The Labute approximate surface area is 611 Å². The second-order valence-electron chi connectivity index (χ2n) is 30.3. The normalized spacial score (nSPS) is 31.9. The van der Waals surface area contributed by atoms with E-state index in [0.29, 0.717) is 19.3 Å². The molecule has 6 aliphatic rings. The van der Waals surface area contributed by atoms with Gasteiger partial charge in [0.15, 0.2) is 0 Å². The molecule has 25 nitrogen and oxygen atoms in total. The largest absolute Gasteiger partial charge is 0.397 e. The van der Waals surface area contributed by atoms with Crippen molar-refractivity contribution in [1.29, 1.82) is 0 Å². The SMILES string of the molecule is CCO[C@@H]1C[C@H]2C(=O)NC3(CCC3)C(=O)N(C)[C@@H]([C@@H](C)CC)C(=O)N(C)[C@H](C(=O)N(C)C)CC(=O)N(C)[C@@H](CC)C(=O)N[C@@H]([C@@H](C)CC)C(=O)N(C)CC(=O)N(C)[C@H]3C/C=C\CCN(C3=O)[C@@H](CC3CCC(C(F)(F)F)CC3)C(=O)N(C)CC(=O)N[C@@H](CCC3CC(F)C(C(F)(F)F)C(F)C3)C(=O)N2C1. The number of fused-ring (bicyclic) bond motifs is 3. The lowest BCUT2D eigenvalue weighted by Gasteiger charge is -2.46.